The Bertz CT molecular complexity index is 955. The van der Waals surface area contributed by atoms with Crippen LogP contribution in [0.1, 0.15) is 25.7 Å². The van der Waals surface area contributed by atoms with E-state index in [2.05, 4.69) is 10.4 Å². The molecule has 2 aliphatic rings. The van der Waals surface area contributed by atoms with Crippen LogP contribution in [0.3, 0.4) is 0 Å². The Balaban J connectivity index is 1.52. The first-order chi connectivity index (χ1) is 13.6. The summed E-state index contributed by atoms with van der Waals surface area (Å²) in [6, 6.07) is 16.3. The third-order valence-electron chi connectivity index (χ3n) is 4.78. The second kappa shape index (κ2) is 7.64. The molecule has 0 radical (unpaired) electrons. The Hall–Kier alpha value is -3.48. The van der Waals surface area contributed by atoms with Gasteiger partial charge in [0.05, 0.1) is 5.69 Å². The topological polar surface area (TPSA) is 82.1 Å². The van der Waals surface area contributed by atoms with Gasteiger partial charge in [-0.3, -0.25) is 14.4 Å². The second-order valence-corrected chi connectivity index (χ2v) is 6.74. The molecule has 0 spiro atoms. The Morgan fingerprint density at radius 2 is 1.68 bits per heavy atom. The van der Waals surface area contributed by atoms with Gasteiger partial charge in [0.1, 0.15) is 5.71 Å². The van der Waals surface area contributed by atoms with Crippen molar-refractivity contribution in [3.8, 4) is 0 Å². The van der Waals surface area contributed by atoms with Crippen LogP contribution in [0.15, 0.2) is 59.7 Å². The van der Waals surface area contributed by atoms with E-state index in [4.69, 9.17) is 0 Å². The summed E-state index contributed by atoms with van der Waals surface area (Å²) in [4.78, 5) is 38.5. The van der Waals surface area contributed by atoms with E-state index < -0.39 is 0 Å². The maximum atomic E-state index is 12.7. The fourth-order valence-corrected chi connectivity index (χ4v) is 3.36. The standard InChI is InChI=1S/C21H20N4O3/c26-19-10-5-13-24(19)17-9-4-6-15(14-17)22-21(28)18-11-12-20(27)25(23-18)16-7-2-1-3-8-16/h1-4,6-9,14H,5,10-13H2,(H,22,28). The lowest BCUT2D eigenvalue weighted by Crippen LogP contribution is -2.36. The van der Waals surface area contributed by atoms with Gasteiger partial charge >= 0.3 is 0 Å². The predicted molar refractivity (Wildman–Crippen MR) is 107 cm³/mol. The van der Waals surface area contributed by atoms with Gasteiger partial charge in [0.15, 0.2) is 0 Å². The first kappa shape index (κ1) is 17.9. The molecule has 0 atom stereocenters. The molecule has 0 unspecified atom stereocenters. The van der Waals surface area contributed by atoms with E-state index >= 15 is 0 Å². The molecule has 1 fully saturated rings. The van der Waals surface area contributed by atoms with Crippen molar-refractivity contribution in [2.24, 2.45) is 5.10 Å². The van der Waals surface area contributed by atoms with Gasteiger partial charge in [-0.15, -0.1) is 0 Å². The third-order valence-corrected chi connectivity index (χ3v) is 4.78. The number of carbonyl (C=O) groups excluding carboxylic acids is 3. The highest BCUT2D eigenvalue weighted by atomic mass is 16.2. The van der Waals surface area contributed by atoms with Crippen LogP contribution < -0.4 is 15.2 Å². The van der Waals surface area contributed by atoms with Crippen LogP contribution in [-0.2, 0) is 14.4 Å². The van der Waals surface area contributed by atoms with Crippen LogP contribution in [0.25, 0.3) is 0 Å². The fourth-order valence-electron chi connectivity index (χ4n) is 3.36. The molecule has 4 rings (SSSR count). The zero-order valence-corrected chi connectivity index (χ0v) is 15.3. The monoisotopic (exact) mass is 376 g/mol. The molecule has 3 amide bonds. The summed E-state index contributed by atoms with van der Waals surface area (Å²) in [5, 5.41) is 8.37. The lowest BCUT2D eigenvalue weighted by atomic mass is 10.1. The van der Waals surface area contributed by atoms with Crippen LogP contribution in [0.5, 0.6) is 0 Å². The summed E-state index contributed by atoms with van der Waals surface area (Å²) < 4.78 is 0. The van der Waals surface area contributed by atoms with Crippen molar-refractivity contribution in [2.75, 3.05) is 21.8 Å². The van der Waals surface area contributed by atoms with E-state index in [0.717, 1.165) is 12.1 Å². The maximum absolute atomic E-state index is 12.7. The van der Waals surface area contributed by atoms with Crippen molar-refractivity contribution in [1.82, 2.24) is 0 Å². The quantitative estimate of drug-likeness (QED) is 0.891. The van der Waals surface area contributed by atoms with Gasteiger partial charge in [-0.1, -0.05) is 24.3 Å². The molecule has 1 saturated heterocycles. The molecule has 0 saturated carbocycles. The van der Waals surface area contributed by atoms with E-state index in [-0.39, 0.29) is 30.6 Å². The van der Waals surface area contributed by atoms with Crippen molar-refractivity contribution < 1.29 is 14.4 Å². The molecule has 7 heteroatoms. The van der Waals surface area contributed by atoms with Crippen LogP contribution >= 0.6 is 0 Å². The molecule has 7 nitrogen and oxygen atoms in total. The summed E-state index contributed by atoms with van der Waals surface area (Å²) in [6.45, 7) is 0.692. The van der Waals surface area contributed by atoms with Crippen molar-refractivity contribution in [2.45, 2.75) is 25.7 Å². The minimum Gasteiger partial charge on any atom is -0.321 e. The number of hydrogen-bond acceptors (Lipinski definition) is 4. The normalized spacial score (nSPS) is 16.9. The zero-order chi connectivity index (χ0) is 19.5. The van der Waals surface area contributed by atoms with E-state index in [1.54, 1.807) is 35.2 Å². The minimum atomic E-state index is -0.349. The van der Waals surface area contributed by atoms with Gasteiger partial charge in [0.25, 0.3) is 5.91 Å². The average molecular weight is 376 g/mol. The summed E-state index contributed by atoms with van der Waals surface area (Å²) >= 11 is 0. The molecule has 2 aromatic carbocycles. The Labute approximate surface area is 162 Å². The number of para-hydroxylation sites is 1. The van der Waals surface area contributed by atoms with Crippen LogP contribution in [0.2, 0.25) is 0 Å². The number of hydrazone groups is 1. The molecule has 142 valence electrons. The molecule has 0 aromatic heterocycles. The van der Waals surface area contributed by atoms with Gasteiger partial charge in [-0.25, -0.2) is 5.01 Å². The first-order valence-corrected chi connectivity index (χ1v) is 9.29. The van der Waals surface area contributed by atoms with Crippen molar-refractivity contribution >= 4 is 40.5 Å². The number of amides is 3. The number of nitrogens with one attached hydrogen (secondary N) is 1. The molecular weight excluding hydrogens is 356 g/mol. The van der Waals surface area contributed by atoms with Gasteiger partial charge in [-0.05, 0) is 36.8 Å². The molecule has 2 heterocycles. The average Bonchev–Trinajstić information content (AvgIpc) is 3.15. The molecule has 2 aromatic rings. The smallest absolute Gasteiger partial charge is 0.271 e. The highest BCUT2D eigenvalue weighted by Crippen LogP contribution is 2.25. The molecule has 2 aliphatic heterocycles. The minimum absolute atomic E-state index is 0.0946. The molecular formula is C21H20N4O3. The fraction of sp³-hybridized carbons (Fsp3) is 0.238. The van der Waals surface area contributed by atoms with Gasteiger partial charge in [-0.2, -0.15) is 5.10 Å². The molecule has 1 N–H and O–H groups in total. The SMILES string of the molecule is O=C(Nc1cccc(N2CCCC2=O)c1)C1=NN(c2ccccc2)C(=O)CC1. The number of rotatable bonds is 4. The van der Waals surface area contributed by atoms with E-state index in [1.807, 2.05) is 24.3 Å². The van der Waals surface area contributed by atoms with Crippen LogP contribution in [-0.4, -0.2) is 30.0 Å². The van der Waals surface area contributed by atoms with E-state index in [0.29, 0.717) is 30.1 Å². The summed E-state index contributed by atoms with van der Waals surface area (Å²) in [7, 11) is 0. The highest BCUT2D eigenvalue weighted by Gasteiger charge is 2.26. The third kappa shape index (κ3) is 3.64. The largest absolute Gasteiger partial charge is 0.321 e. The highest BCUT2D eigenvalue weighted by molar-refractivity contribution is 6.44. The lowest BCUT2D eigenvalue weighted by Gasteiger charge is -2.23. The molecule has 28 heavy (non-hydrogen) atoms. The lowest BCUT2D eigenvalue weighted by molar-refractivity contribution is -0.119. The van der Waals surface area contributed by atoms with Gasteiger partial charge < -0.3 is 10.2 Å². The van der Waals surface area contributed by atoms with Crippen LogP contribution in [0.4, 0.5) is 17.1 Å². The predicted octanol–water partition coefficient (Wildman–Crippen LogP) is 2.93. The molecule has 0 aliphatic carbocycles. The van der Waals surface area contributed by atoms with Gasteiger partial charge in [0, 0.05) is 37.2 Å². The maximum Gasteiger partial charge on any atom is 0.271 e. The first-order valence-electron chi connectivity index (χ1n) is 9.29. The Morgan fingerprint density at radius 1 is 0.893 bits per heavy atom. The number of carbonyl (C=O) groups is 3. The summed E-state index contributed by atoms with van der Waals surface area (Å²) in [6.07, 6.45) is 1.91. The van der Waals surface area contributed by atoms with Crippen molar-refractivity contribution in [3.63, 3.8) is 0 Å². The number of hydrogen-bond donors (Lipinski definition) is 1. The number of anilines is 3. The van der Waals surface area contributed by atoms with E-state index in [1.165, 1.54) is 5.01 Å². The van der Waals surface area contributed by atoms with Crippen LogP contribution in [0, 0.1) is 0 Å². The van der Waals surface area contributed by atoms with Crippen molar-refractivity contribution in [1.29, 1.82) is 0 Å². The van der Waals surface area contributed by atoms with E-state index in [9.17, 15) is 14.4 Å². The second-order valence-electron chi connectivity index (χ2n) is 6.74. The number of nitrogens with zero attached hydrogens (tertiary/aromatic N) is 3. The Kier molecular flexibility index (Phi) is 4.89. The summed E-state index contributed by atoms with van der Waals surface area (Å²) in [5.41, 5.74) is 2.29. The number of benzene rings is 2. The van der Waals surface area contributed by atoms with Crippen molar-refractivity contribution in [3.05, 3.63) is 54.6 Å². The zero-order valence-electron chi connectivity index (χ0n) is 15.3. The Morgan fingerprint density at radius 3 is 2.43 bits per heavy atom. The molecule has 0 bridgehead atoms. The van der Waals surface area contributed by atoms with Gasteiger partial charge in [0.2, 0.25) is 11.8 Å². The summed E-state index contributed by atoms with van der Waals surface area (Å²) in [5.74, 6) is -0.396.